The number of nitrogens with one attached hydrogen (secondary N) is 1. The summed E-state index contributed by atoms with van der Waals surface area (Å²) in [5.41, 5.74) is 0. The third kappa shape index (κ3) is 6.92. The Morgan fingerprint density at radius 2 is 1.80 bits per heavy atom. The number of ether oxygens (including phenoxy) is 1. The smallest absolute Gasteiger partial charge is 0.306 e. The number of hydrogen-bond donors (Lipinski definition) is 1. The minimum absolute atomic E-state index is 0.0501. The maximum Gasteiger partial charge on any atom is 0.306 e. The quantitative estimate of drug-likeness (QED) is 0.730. The molecular weight excluding hydrogens is 254 g/mol. The van der Waals surface area contributed by atoms with Crippen molar-refractivity contribution in [3.05, 3.63) is 0 Å². The van der Waals surface area contributed by atoms with Crippen LogP contribution in [0.2, 0.25) is 0 Å². The molecule has 0 heterocycles. The molecule has 1 fully saturated rings. The van der Waals surface area contributed by atoms with Crippen molar-refractivity contribution in [3.8, 4) is 0 Å². The normalized spacial score (nSPS) is 17.8. The summed E-state index contributed by atoms with van der Waals surface area (Å²) in [7, 11) is 0. The molecule has 20 heavy (non-hydrogen) atoms. The lowest BCUT2D eigenvalue weighted by atomic mass is 9.88. The van der Waals surface area contributed by atoms with Crippen LogP contribution in [0.5, 0.6) is 0 Å². The fourth-order valence-electron chi connectivity index (χ4n) is 2.67. The highest BCUT2D eigenvalue weighted by Crippen LogP contribution is 2.23. The summed E-state index contributed by atoms with van der Waals surface area (Å²) in [6.07, 6.45) is 7.63. The van der Waals surface area contributed by atoms with Crippen molar-refractivity contribution in [3.63, 3.8) is 0 Å². The van der Waals surface area contributed by atoms with E-state index < -0.39 is 0 Å². The zero-order valence-corrected chi connectivity index (χ0v) is 13.1. The van der Waals surface area contributed by atoms with E-state index in [4.69, 9.17) is 4.74 Å². The van der Waals surface area contributed by atoms with Crippen molar-refractivity contribution < 1.29 is 14.3 Å². The van der Waals surface area contributed by atoms with Gasteiger partial charge in [-0.3, -0.25) is 9.59 Å². The Morgan fingerprint density at radius 1 is 1.15 bits per heavy atom. The van der Waals surface area contributed by atoms with Crippen LogP contribution in [0.3, 0.4) is 0 Å². The second kappa shape index (κ2) is 8.98. The van der Waals surface area contributed by atoms with Gasteiger partial charge in [0.05, 0.1) is 6.10 Å². The third-order valence-electron chi connectivity index (χ3n) is 3.75. The van der Waals surface area contributed by atoms with Gasteiger partial charge in [-0.05, 0) is 46.5 Å². The van der Waals surface area contributed by atoms with E-state index in [2.05, 4.69) is 5.32 Å². The SMILES string of the molecule is CC(CCCC(=O)OC(C)C)NC(=O)C1CCCCC1. The fraction of sp³-hybridized carbons (Fsp3) is 0.875. The lowest BCUT2D eigenvalue weighted by Gasteiger charge is -2.23. The summed E-state index contributed by atoms with van der Waals surface area (Å²) in [6, 6.07) is 0.135. The van der Waals surface area contributed by atoms with Crippen molar-refractivity contribution in [2.45, 2.75) is 84.3 Å². The number of hydrogen-bond acceptors (Lipinski definition) is 3. The first-order valence-corrected chi connectivity index (χ1v) is 7.99. The van der Waals surface area contributed by atoms with Gasteiger partial charge in [0.2, 0.25) is 5.91 Å². The molecule has 1 aliphatic rings. The summed E-state index contributed by atoms with van der Waals surface area (Å²) in [6.45, 7) is 5.71. The van der Waals surface area contributed by atoms with E-state index in [0.717, 1.165) is 25.7 Å². The van der Waals surface area contributed by atoms with Crippen LogP contribution in [-0.4, -0.2) is 24.0 Å². The van der Waals surface area contributed by atoms with E-state index >= 15 is 0 Å². The molecule has 0 spiro atoms. The number of esters is 1. The topological polar surface area (TPSA) is 55.4 Å². The predicted molar refractivity (Wildman–Crippen MR) is 79.3 cm³/mol. The maximum absolute atomic E-state index is 12.0. The van der Waals surface area contributed by atoms with E-state index in [9.17, 15) is 9.59 Å². The third-order valence-corrected chi connectivity index (χ3v) is 3.75. The molecule has 116 valence electrons. The summed E-state index contributed by atoms with van der Waals surface area (Å²) < 4.78 is 5.08. The van der Waals surface area contributed by atoms with E-state index in [1.807, 2.05) is 20.8 Å². The minimum atomic E-state index is -0.147. The van der Waals surface area contributed by atoms with Crippen LogP contribution in [0.1, 0.15) is 72.1 Å². The Labute approximate surface area is 122 Å². The summed E-state index contributed by atoms with van der Waals surface area (Å²) in [5, 5.41) is 3.07. The molecular formula is C16H29NO3. The molecule has 1 amide bonds. The Bertz CT molecular complexity index is 309. The van der Waals surface area contributed by atoms with Crippen molar-refractivity contribution >= 4 is 11.9 Å². The van der Waals surface area contributed by atoms with Gasteiger partial charge in [0, 0.05) is 18.4 Å². The Morgan fingerprint density at radius 3 is 2.40 bits per heavy atom. The average Bonchev–Trinajstić information content (AvgIpc) is 2.38. The second-order valence-electron chi connectivity index (χ2n) is 6.18. The Kier molecular flexibility index (Phi) is 7.63. The summed E-state index contributed by atoms with van der Waals surface area (Å²) >= 11 is 0. The van der Waals surface area contributed by atoms with Gasteiger partial charge in [-0.2, -0.15) is 0 Å². The molecule has 0 aromatic rings. The van der Waals surface area contributed by atoms with Crippen LogP contribution in [0.25, 0.3) is 0 Å². The lowest BCUT2D eigenvalue weighted by Crippen LogP contribution is -2.38. The number of carbonyl (C=O) groups excluding carboxylic acids is 2. The lowest BCUT2D eigenvalue weighted by molar-refractivity contribution is -0.147. The molecule has 0 radical (unpaired) electrons. The molecule has 1 N–H and O–H groups in total. The van der Waals surface area contributed by atoms with Gasteiger partial charge in [-0.25, -0.2) is 0 Å². The first-order valence-electron chi connectivity index (χ1n) is 7.99. The zero-order valence-electron chi connectivity index (χ0n) is 13.1. The highest BCUT2D eigenvalue weighted by atomic mass is 16.5. The molecule has 0 saturated heterocycles. The molecule has 1 aliphatic carbocycles. The molecule has 0 aromatic heterocycles. The first-order chi connectivity index (χ1) is 9.49. The standard InChI is InChI=1S/C16H29NO3/c1-12(2)20-15(18)11-7-8-13(3)17-16(19)14-9-5-4-6-10-14/h12-14H,4-11H2,1-3H3,(H,17,19). The molecule has 4 heteroatoms. The zero-order chi connectivity index (χ0) is 15.0. The highest BCUT2D eigenvalue weighted by Gasteiger charge is 2.22. The van der Waals surface area contributed by atoms with E-state index in [-0.39, 0.29) is 29.9 Å². The molecule has 0 aliphatic heterocycles. The van der Waals surface area contributed by atoms with Crippen LogP contribution in [0.15, 0.2) is 0 Å². The van der Waals surface area contributed by atoms with Crippen LogP contribution >= 0.6 is 0 Å². The van der Waals surface area contributed by atoms with Crippen molar-refractivity contribution in [2.24, 2.45) is 5.92 Å². The van der Waals surface area contributed by atoms with Crippen molar-refractivity contribution in [1.82, 2.24) is 5.32 Å². The molecule has 1 atom stereocenters. The summed E-state index contributed by atoms with van der Waals surface area (Å²) in [4.78, 5) is 23.4. The molecule has 1 unspecified atom stereocenters. The van der Waals surface area contributed by atoms with E-state index in [0.29, 0.717) is 6.42 Å². The van der Waals surface area contributed by atoms with Gasteiger partial charge < -0.3 is 10.1 Å². The summed E-state index contributed by atoms with van der Waals surface area (Å²) in [5.74, 6) is 0.255. The van der Waals surface area contributed by atoms with Crippen LogP contribution in [-0.2, 0) is 14.3 Å². The fourth-order valence-corrected chi connectivity index (χ4v) is 2.67. The molecule has 4 nitrogen and oxygen atoms in total. The first kappa shape index (κ1) is 17.0. The van der Waals surface area contributed by atoms with Gasteiger partial charge in [-0.15, -0.1) is 0 Å². The molecule has 0 aromatic carbocycles. The number of carbonyl (C=O) groups is 2. The Balaban J connectivity index is 2.14. The monoisotopic (exact) mass is 283 g/mol. The van der Waals surface area contributed by atoms with Gasteiger partial charge in [0.25, 0.3) is 0 Å². The van der Waals surface area contributed by atoms with Gasteiger partial charge in [-0.1, -0.05) is 19.3 Å². The second-order valence-corrected chi connectivity index (χ2v) is 6.18. The molecule has 1 saturated carbocycles. The minimum Gasteiger partial charge on any atom is -0.463 e. The number of amides is 1. The van der Waals surface area contributed by atoms with Crippen molar-refractivity contribution in [2.75, 3.05) is 0 Å². The van der Waals surface area contributed by atoms with Crippen molar-refractivity contribution in [1.29, 1.82) is 0 Å². The van der Waals surface area contributed by atoms with Gasteiger partial charge in [0.1, 0.15) is 0 Å². The van der Waals surface area contributed by atoms with Gasteiger partial charge >= 0.3 is 5.97 Å². The predicted octanol–water partition coefficient (Wildman–Crippen LogP) is 3.19. The van der Waals surface area contributed by atoms with E-state index in [1.54, 1.807) is 0 Å². The molecule has 0 bridgehead atoms. The van der Waals surface area contributed by atoms with E-state index in [1.165, 1.54) is 19.3 Å². The number of rotatable bonds is 7. The maximum atomic E-state index is 12.0. The van der Waals surface area contributed by atoms with Gasteiger partial charge in [0.15, 0.2) is 0 Å². The van der Waals surface area contributed by atoms with Crippen LogP contribution < -0.4 is 5.32 Å². The van der Waals surface area contributed by atoms with Crippen LogP contribution in [0.4, 0.5) is 0 Å². The Hall–Kier alpha value is -1.06. The average molecular weight is 283 g/mol. The molecule has 1 rings (SSSR count). The highest BCUT2D eigenvalue weighted by molar-refractivity contribution is 5.79. The largest absolute Gasteiger partial charge is 0.463 e. The van der Waals surface area contributed by atoms with Crippen LogP contribution in [0, 0.1) is 5.92 Å².